The van der Waals surface area contributed by atoms with Crippen LogP contribution in [-0.4, -0.2) is 34.0 Å². The molecular weight excluding hydrogens is 312 g/mol. The number of nitrogens with two attached hydrogens (primary N) is 1. The summed E-state index contributed by atoms with van der Waals surface area (Å²) in [4.78, 5) is 4.82. The topological polar surface area (TPSA) is 66.0 Å². The second-order valence-electron chi connectivity index (χ2n) is 5.92. The van der Waals surface area contributed by atoms with Crippen molar-refractivity contribution in [2.24, 2.45) is 5.73 Å². The van der Waals surface area contributed by atoms with Crippen molar-refractivity contribution in [1.82, 2.24) is 14.8 Å². The summed E-state index contributed by atoms with van der Waals surface area (Å²) in [6, 6.07) is 10.2. The van der Waals surface area contributed by atoms with Crippen molar-refractivity contribution in [1.29, 1.82) is 0 Å². The van der Waals surface area contributed by atoms with Gasteiger partial charge in [-0.3, -0.25) is 0 Å². The Labute approximate surface area is 143 Å². The summed E-state index contributed by atoms with van der Waals surface area (Å²) in [6.07, 6.45) is 3.12. The zero-order chi connectivity index (χ0) is 15.5. The Balaban J connectivity index is 0.00000192. The average Bonchev–Trinajstić information content (AvgIpc) is 3.00. The van der Waals surface area contributed by atoms with E-state index in [2.05, 4.69) is 12.0 Å². The molecule has 3 atom stereocenters. The number of rotatable bonds is 4. The Kier molecular flexibility index (Phi) is 6.16. The highest BCUT2D eigenvalue weighted by Gasteiger charge is 2.31. The predicted molar refractivity (Wildman–Crippen MR) is 93.7 cm³/mol. The van der Waals surface area contributed by atoms with Gasteiger partial charge in [0.05, 0.1) is 6.10 Å². The van der Waals surface area contributed by atoms with Crippen LogP contribution in [0.2, 0.25) is 0 Å². The van der Waals surface area contributed by atoms with Crippen LogP contribution in [0.5, 0.6) is 0 Å². The van der Waals surface area contributed by atoms with Gasteiger partial charge in [-0.15, -0.1) is 12.4 Å². The molecule has 1 aromatic carbocycles. The zero-order valence-electron chi connectivity index (χ0n) is 13.7. The first-order valence-corrected chi connectivity index (χ1v) is 8.01. The van der Waals surface area contributed by atoms with Gasteiger partial charge in [0, 0.05) is 31.2 Å². The summed E-state index contributed by atoms with van der Waals surface area (Å²) < 4.78 is 7.47. The molecule has 2 N–H and O–H groups in total. The summed E-state index contributed by atoms with van der Waals surface area (Å²) >= 11 is 0. The van der Waals surface area contributed by atoms with E-state index in [9.17, 15) is 0 Å². The van der Waals surface area contributed by atoms with E-state index >= 15 is 0 Å². The number of aromatic nitrogens is 3. The lowest BCUT2D eigenvalue weighted by atomic mass is 9.83. The SMILES string of the molecule is CCn1nc(-c2ccccc2)nc1[C@H]1CC[C@@H](OC)[C@H](N)C1.Cl. The first-order valence-electron chi connectivity index (χ1n) is 8.01. The normalized spacial score (nSPS) is 24.2. The third-order valence-electron chi connectivity index (χ3n) is 4.53. The lowest BCUT2D eigenvalue weighted by Gasteiger charge is -2.32. The number of hydrogen-bond acceptors (Lipinski definition) is 4. The van der Waals surface area contributed by atoms with Crippen molar-refractivity contribution in [2.45, 2.75) is 50.8 Å². The molecule has 0 saturated heterocycles. The van der Waals surface area contributed by atoms with Gasteiger partial charge in [0.25, 0.3) is 0 Å². The van der Waals surface area contributed by atoms with Crippen LogP contribution in [-0.2, 0) is 11.3 Å². The molecule has 0 bridgehead atoms. The maximum Gasteiger partial charge on any atom is 0.181 e. The van der Waals surface area contributed by atoms with Crippen LogP contribution in [0.1, 0.15) is 37.9 Å². The average molecular weight is 337 g/mol. The quantitative estimate of drug-likeness (QED) is 0.932. The first-order chi connectivity index (χ1) is 10.7. The van der Waals surface area contributed by atoms with E-state index in [-0.39, 0.29) is 24.6 Å². The van der Waals surface area contributed by atoms with Crippen molar-refractivity contribution < 1.29 is 4.74 Å². The first kappa shape index (κ1) is 17.9. The van der Waals surface area contributed by atoms with Gasteiger partial charge in [-0.1, -0.05) is 30.3 Å². The Hall–Kier alpha value is -1.43. The highest BCUT2D eigenvalue weighted by molar-refractivity contribution is 5.85. The highest BCUT2D eigenvalue weighted by atomic mass is 35.5. The molecule has 1 saturated carbocycles. The zero-order valence-corrected chi connectivity index (χ0v) is 14.5. The van der Waals surface area contributed by atoms with Gasteiger partial charge in [0.1, 0.15) is 5.82 Å². The van der Waals surface area contributed by atoms with Gasteiger partial charge in [-0.05, 0) is 26.2 Å². The second-order valence-corrected chi connectivity index (χ2v) is 5.92. The standard InChI is InChI=1S/C17H24N4O.ClH/c1-3-21-17(13-9-10-15(22-2)14(18)11-13)19-16(20-21)12-7-5-4-6-8-12;/h4-8,13-15H,3,9-11,18H2,1-2H3;1H/t13-,14+,15+;/m0./s1. The molecule has 0 spiro atoms. The van der Waals surface area contributed by atoms with Crippen LogP contribution in [0.25, 0.3) is 11.4 Å². The number of ether oxygens (including phenoxy) is 1. The van der Waals surface area contributed by atoms with Crippen molar-refractivity contribution in [3.63, 3.8) is 0 Å². The molecule has 0 radical (unpaired) electrons. The second kappa shape index (κ2) is 7.90. The molecule has 0 unspecified atom stereocenters. The van der Waals surface area contributed by atoms with E-state index in [1.807, 2.05) is 35.0 Å². The Morgan fingerprint density at radius 2 is 2.00 bits per heavy atom. The molecule has 126 valence electrons. The predicted octanol–water partition coefficient (Wildman–Crippen LogP) is 3.00. The van der Waals surface area contributed by atoms with E-state index in [0.29, 0.717) is 5.92 Å². The molecule has 5 nitrogen and oxygen atoms in total. The molecule has 3 rings (SSSR count). The minimum Gasteiger partial charge on any atom is -0.380 e. The van der Waals surface area contributed by atoms with Gasteiger partial charge in [-0.25, -0.2) is 9.67 Å². The minimum absolute atomic E-state index is 0. The monoisotopic (exact) mass is 336 g/mol. The number of nitrogens with zero attached hydrogens (tertiary/aromatic N) is 3. The summed E-state index contributed by atoms with van der Waals surface area (Å²) in [7, 11) is 1.74. The molecule has 1 fully saturated rings. The number of halogens is 1. The lowest BCUT2D eigenvalue weighted by molar-refractivity contribution is 0.0480. The van der Waals surface area contributed by atoms with Crippen LogP contribution in [0.15, 0.2) is 30.3 Å². The summed E-state index contributed by atoms with van der Waals surface area (Å²) in [6.45, 7) is 2.93. The maximum absolute atomic E-state index is 6.24. The fraction of sp³-hybridized carbons (Fsp3) is 0.529. The molecule has 0 amide bonds. The Morgan fingerprint density at radius 1 is 1.26 bits per heavy atom. The van der Waals surface area contributed by atoms with Crippen LogP contribution in [0, 0.1) is 0 Å². The summed E-state index contributed by atoms with van der Waals surface area (Å²) in [5, 5.41) is 4.67. The fourth-order valence-electron chi connectivity index (χ4n) is 3.30. The van der Waals surface area contributed by atoms with E-state index in [1.54, 1.807) is 7.11 Å². The van der Waals surface area contributed by atoms with Crippen molar-refractivity contribution in [2.75, 3.05) is 7.11 Å². The van der Waals surface area contributed by atoms with Gasteiger partial charge >= 0.3 is 0 Å². The smallest absolute Gasteiger partial charge is 0.181 e. The molecule has 1 aliphatic carbocycles. The molecule has 0 aliphatic heterocycles. The number of aryl methyl sites for hydroxylation is 1. The molecule has 1 aromatic heterocycles. The van der Waals surface area contributed by atoms with Crippen LogP contribution < -0.4 is 5.73 Å². The Morgan fingerprint density at radius 3 is 2.61 bits per heavy atom. The van der Waals surface area contributed by atoms with E-state index in [1.165, 1.54) is 0 Å². The summed E-state index contributed by atoms with van der Waals surface area (Å²) in [5.74, 6) is 2.23. The molecule has 23 heavy (non-hydrogen) atoms. The maximum atomic E-state index is 6.24. The molecule has 6 heteroatoms. The van der Waals surface area contributed by atoms with E-state index < -0.39 is 0 Å². The largest absolute Gasteiger partial charge is 0.380 e. The number of methoxy groups -OCH3 is 1. The summed E-state index contributed by atoms with van der Waals surface area (Å²) in [5.41, 5.74) is 7.31. The van der Waals surface area contributed by atoms with Crippen LogP contribution in [0.3, 0.4) is 0 Å². The molecule has 1 aliphatic rings. The van der Waals surface area contributed by atoms with E-state index in [4.69, 9.17) is 15.5 Å². The van der Waals surface area contributed by atoms with Crippen LogP contribution in [0.4, 0.5) is 0 Å². The number of benzene rings is 1. The van der Waals surface area contributed by atoms with Crippen molar-refractivity contribution in [3.8, 4) is 11.4 Å². The fourth-order valence-corrected chi connectivity index (χ4v) is 3.30. The van der Waals surface area contributed by atoms with Crippen LogP contribution >= 0.6 is 12.4 Å². The lowest BCUT2D eigenvalue weighted by Crippen LogP contribution is -2.41. The van der Waals surface area contributed by atoms with Gasteiger partial charge in [-0.2, -0.15) is 5.10 Å². The van der Waals surface area contributed by atoms with Gasteiger partial charge < -0.3 is 10.5 Å². The molecular formula is C17H25ClN4O. The third kappa shape index (κ3) is 3.74. The highest BCUT2D eigenvalue weighted by Crippen LogP contribution is 2.33. The van der Waals surface area contributed by atoms with Gasteiger partial charge in [0.15, 0.2) is 5.82 Å². The Bertz CT molecular complexity index is 616. The van der Waals surface area contributed by atoms with Crippen molar-refractivity contribution in [3.05, 3.63) is 36.2 Å². The number of hydrogen-bond donors (Lipinski definition) is 1. The molecule has 2 aromatic rings. The molecule has 1 heterocycles. The third-order valence-corrected chi connectivity index (χ3v) is 4.53. The van der Waals surface area contributed by atoms with Crippen molar-refractivity contribution >= 4 is 12.4 Å². The minimum atomic E-state index is 0. The van der Waals surface area contributed by atoms with Gasteiger partial charge in [0.2, 0.25) is 0 Å². The van der Waals surface area contributed by atoms with E-state index in [0.717, 1.165) is 43.0 Å².